The summed E-state index contributed by atoms with van der Waals surface area (Å²) in [6.45, 7) is 1.69. The van der Waals surface area contributed by atoms with E-state index in [2.05, 4.69) is 15.9 Å². The summed E-state index contributed by atoms with van der Waals surface area (Å²) < 4.78 is 42.9. The smallest absolute Gasteiger partial charge is 0.416 e. The Balaban J connectivity index is 2.72. The van der Waals surface area contributed by atoms with Crippen LogP contribution < -0.4 is 0 Å². The van der Waals surface area contributed by atoms with E-state index in [0.717, 1.165) is 12.1 Å². The lowest BCUT2D eigenvalue weighted by Crippen LogP contribution is -2.04. The van der Waals surface area contributed by atoms with Crippen LogP contribution in [0.1, 0.15) is 11.3 Å². The molecule has 2 aromatic rings. The Bertz CT molecular complexity index is 513. The minimum absolute atomic E-state index is 0.320. The van der Waals surface area contributed by atoms with E-state index >= 15 is 0 Å². The molecule has 0 aliphatic heterocycles. The molecule has 0 saturated carbocycles. The van der Waals surface area contributed by atoms with Gasteiger partial charge in [0.2, 0.25) is 0 Å². The highest BCUT2D eigenvalue weighted by Crippen LogP contribution is 2.36. The van der Waals surface area contributed by atoms with Crippen LogP contribution in [0.25, 0.3) is 11.0 Å². The molecule has 0 aliphatic carbocycles. The lowest BCUT2D eigenvalue weighted by atomic mass is 10.1. The van der Waals surface area contributed by atoms with Gasteiger partial charge in [0.05, 0.1) is 10.0 Å². The summed E-state index contributed by atoms with van der Waals surface area (Å²) in [4.78, 5) is 0. The Morgan fingerprint density at radius 1 is 1.20 bits per heavy atom. The minimum atomic E-state index is -4.33. The zero-order chi connectivity index (χ0) is 11.2. The molecule has 0 saturated heterocycles. The van der Waals surface area contributed by atoms with Crippen molar-refractivity contribution in [2.24, 2.45) is 0 Å². The van der Waals surface area contributed by atoms with E-state index in [9.17, 15) is 13.2 Å². The summed E-state index contributed by atoms with van der Waals surface area (Å²) in [5.74, 6) is 0.588. The fourth-order valence-electron chi connectivity index (χ4n) is 1.40. The van der Waals surface area contributed by atoms with Gasteiger partial charge in [0, 0.05) is 5.39 Å². The normalized spacial score (nSPS) is 12.3. The van der Waals surface area contributed by atoms with Gasteiger partial charge in [0.1, 0.15) is 11.3 Å². The molecule has 0 spiro atoms. The van der Waals surface area contributed by atoms with Gasteiger partial charge in [0.15, 0.2) is 0 Å². The Hall–Kier alpha value is -0.970. The van der Waals surface area contributed by atoms with Crippen molar-refractivity contribution in [2.75, 3.05) is 0 Å². The van der Waals surface area contributed by atoms with Crippen LogP contribution in [0.5, 0.6) is 0 Å². The number of furan rings is 1. The number of rotatable bonds is 0. The van der Waals surface area contributed by atoms with Crippen LogP contribution >= 0.6 is 15.9 Å². The van der Waals surface area contributed by atoms with Gasteiger partial charge in [-0.05, 0) is 41.1 Å². The van der Waals surface area contributed by atoms with Crippen LogP contribution in [0.2, 0.25) is 0 Å². The molecule has 1 aromatic heterocycles. The van der Waals surface area contributed by atoms with E-state index in [1.165, 1.54) is 0 Å². The van der Waals surface area contributed by atoms with E-state index in [-0.39, 0.29) is 0 Å². The van der Waals surface area contributed by atoms with Gasteiger partial charge in [-0.1, -0.05) is 0 Å². The third kappa shape index (κ3) is 1.88. The maximum absolute atomic E-state index is 12.5. The number of alkyl halides is 3. The van der Waals surface area contributed by atoms with Gasteiger partial charge in [-0.2, -0.15) is 13.2 Å². The summed E-state index contributed by atoms with van der Waals surface area (Å²) in [7, 11) is 0. The second-order valence-corrected chi connectivity index (χ2v) is 4.09. The van der Waals surface area contributed by atoms with E-state index in [1.807, 2.05) is 0 Å². The van der Waals surface area contributed by atoms with E-state index < -0.39 is 11.7 Å². The van der Waals surface area contributed by atoms with Gasteiger partial charge >= 0.3 is 6.18 Å². The molecule has 0 N–H and O–H groups in total. The quantitative estimate of drug-likeness (QED) is 0.690. The first-order valence-corrected chi connectivity index (χ1v) is 4.94. The molecule has 15 heavy (non-hydrogen) atoms. The highest BCUT2D eigenvalue weighted by atomic mass is 79.9. The zero-order valence-corrected chi connectivity index (χ0v) is 9.24. The lowest BCUT2D eigenvalue weighted by Gasteiger charge is -2.06. The number of fused-ring (bicyclic) bond motifs is 1. The van der Waals surface area contributed by atoms with E-state index in [1.54, 1.807) is 13.0 Å². The van der Waals surface area contributed by atoms with Crippen molar-refractivity contribution in [3.05, 3.63) is 34.0 Å². The molecule has 0 atom stereocenters. The Morgan fingerprint density at radius 2 is 1.87 bits per heavy atom. The first-order chi connectivity index (χ1) is 6.88. The van der Waals surface area contributed by atoms with Crippen LogP contribution in [0, 0.1) is 6.92 Å². The molecule has 1 aromatic carbocycles. The Labute approximate surface area is 92.0 Å². The predicted molar refractivity (Wildman–Crippen MR) is 53.7 cm³/mol. The Morgan fingerprint density at radius 3 is 2.47 bits per heavy atom. The lowest BCUT2D eigenvalue weighted by molar-refractivity contribution is -0.137. The molecule has 0 bridgehead atoms. The largest absolute Gasteiger partial charge is 0.460 e. The topological polar surface area (TPSA) is 13.1 Å². The van der Waals surface area contributed by atoms with Crippen LogP contribution in [0.3, 0.4) is 0 Å². The average molecular weight is 279 g/mol. The highest BCUT2D eigenvalue weighted by Gasteiger charge is 2.31. The number of hydrogen-bond acceptors (Lipinski definition) is 1. The molecule has 1 nitrogen and oxygen atoms in total. The van der Waals surface area contributed by atoms with Crippen LogP contribution in [0.4, 0.5) is 13.2 Å². The molecule has 80 valence electrons. The highest BCUT2D eigenvalue weighted by molar-refractivity contribution is 9.10. The molecule has 1 heterocycles. The number of aryl methyl sites for hydroxylation is 1. The van der Waals surface area contributed by atoms with Crippen molar-refractivity contribution in [3.8, 4) is 0 Å². The van der Waals surface area contributed by atoms with Crippen molar-refractivity contribution in [2.45, 2.75) is 13.1 Å². The van der Waals surface area contributed by atoms with Gasteiger partial charge < -0.3 is 4.42 Å². The number of halogens is 4. The molecule has 0 fully saturated rings. The van der Waals surface area contributed by atoms with Crippen molar-refractivity contribution in [1.82, 2.24) is 0 Å². The maximum Gasteiger partial charge on any atom is 0.416 e. The number of hydrogen-bond donors (Lipinski definition) is 0. The van der Waals surface area contributed by atoms with Crippen molar-refractivity contribution in [3.63, 3.8) is 0 Å². The fourth-order valence-corrected chi connectivity index (χ4v) is 1.96. The van der Waals surface area contributed by atoms with Crippen molar-refractivity contribution >= 4 is 26.9 Å². The van der Waals surface area contributed by atoms with Crippen LogP contribution in [0.15, 0.2) is 27.1 Å². The third-order valence-corrected chi connectivity index (χ3v) is 2.61. The second kappa shape index (κ2) is 3.27. The second-order valence-electron chi connectivity index (χ2n) is 3.23. The van der Waals surface area contributed by atoms with Crippen molar-refractivity contribution in [1.29, 1.82) is 0 Å². The molecule has 0 radical (unpaired) electrons. The zero-order valence-electron chi connectivity index (χ0n) is 7.65. The van der Waals surface area contributed by atoms with Crippen LogP contribution in [-0.4, -0.2) is 0 Å². The molecule has 0 amide bonds. The van der Waals surface area contributed by atoms with Gasteiger partial charge in [0.25, 0.3) is 0 Å². The molecule has 0 aliphatic rings. The molecule has 5 heteroatoms. The van der Waals surface area contributed by atoms with E-state index in [0.29, 0.717) is 21.2 Å². The summed E-state index contributed by atoms with van der Waals surface area (Å²) in [6, 6.07) is 3.68. The fraction of sp³-hybridized carbons (Fsp3) is 0.200. The summed E-state index contributed by atoms with van der Waals surface area (Å²) in [6.07, 6.45) is -4.33. The summed E-state index contributed by atoms with van der Waals surface area (Å²) in [5.41, 5.74) is -0.233. The predicted octanol–water partition coefficient (Wildman–Crippen LogP) is 4.52. The monoisotopic (exact) mass is 278 g/mol. The first kappa shape index (κ1) is 10.5. The SMILES string of the molecule is Cc1cc2cc(C(F)(F)F)cc(Br)c2o1. The molecule has 2 rings (SSSR count). The first-order valence-electron chi connectivity index (χ1n) is 4.15. The average Bonchev–Trinajstić information content (AvgIpc) is 2.44. The van der Waals surface area contributed by atoms with E-state index in [4.69, 9.17) is 4.42 Å². The maximum atomic E-state index is 12.5. The molecule has 0 unspecified atom stereocenters. The molecular weight excluding hydrogens is 273 g/mol. The minimum Gasteiger partial charge on any atom is -0.460 e. The van der Waals surface area contributed by atoms with Crippen LogP contribution in [-0.2, 0) is 6.18 Å². The van der Waals surface area contributed by atoms with Gasteiger partial charge in [-0.15, -0.1) is 0 Å². The van der Waals surface area contributed by atoms with Gasteiger partial charge in [-0.25, -0.2) is 0 Å². The Kier molecular flexibility index (Phi) is 2.30. The van der Waals surface area contributed by atoms with Crippen molar-refractivity contribution < 1.29 is 17.6 Å². The molecular formula is C10H6BrF3O. The van der Waals surface area contributed by atoms with Gasteiger partial charge in [-0.3, -0.25) is 0 Å². The standard InChI is InChI=1S/C10H6BrF3O/c1-5-2-6-3-7(10(12,13)14)4-8(11)9(6)15-5/h2-4H,1H3. The summed E-state index contributed by atoms with van der Waals surface area (Å²) in [5, 5.41) is 0.453. The summed E-state index contributed by atoms with van der Waals surface area (Å²) >= 11 is 3.06. The number of benzene rings is 1. The third-order valence-electron chi connectivity index (χ3n) is 2.02.